The Labute approximate surface area is 120 Å². The molecule has 0 unspecified atom stereocenters. The summed E-state index contributed by atoms with van der Waals surface area (Å²) in [5.74, 6) is 0.846. The second kappa shape index (κ2) is 5.55. The molecule has 0 amide bonds. The topological polar surface area (TPSA) is 12.0 Å². The molecule has 0 bridgehead atoms. The standard InChI is InChI=1S/C15H16BrNS/c16-15-7-6-14(18-15)10-17-9-11-2-1-3-13(8-11)12-4-5-12/h1-3,6-8,12,17H,4-5,9-10H2. The van der Waals surface area contributed by atoms with Gasteiger partial charge in [-0.2, -0.15) is 0 Å². The van der Waals surface area contributed by atoms with Gasteiger partial charge >= 0.3 is 0 Å². The zero-order valence-corrected chi connectivity index (χ0v) is 12.6. The fraction of sp³-hybridized carbons (Fsp3) is 0.333. The first-order valence-electron chi connectivity index (χ1n) is 6.35. The van der Waals surface area contributed by atoms with E-state index in [0.29, 0.717) is 0 Å². The van der Waals surface area contributed by atoms with E-state index in [9.17, 15) is 0 Å². The normalized spacial score (nSPS) is 14.9. The highest BCUT2D eigenvalue weighted by molar-refractivity contribution is 9.11. The van der Waals surface area contributed by atoms with E-state index < -0.39 is 0 Å². The third-order valence-electron chi connectivity index (χ3n) is 3.26. The lowest BCUT2D eigenvalue weighted by Crippen LogP contribution is -2.11. The first-order chi connectivity index (χ1) is 8.81. The van der Waals surface area contributed by atoms with Gasteiger partial charge in [0.05, 0.1) is 3.79 Å². The summed E-state index contributed by atoms with van der Waals surface area (Å²) < 4.78 is 1.20. The number of nitrogens with one attached hydrogen (secondary N) is 1. The zero-order chi connectivity index (χ0) is 12.4. The van der Waals surface area contributed by atoms with Crippen LogP contribution in [0.25, 0.3) is 0 Å². The molecule has 0 aliphatic heterocycles. The second-order valence-electron chi connectivity index (χ2n) is 4.83. The predicted molar refractivity (Wildman–Crippen MR) is 81.0 cm³/mol. The van der Waals surface area contributed by atoms with Crippen molar-refractivity contribution in [2.45, 2.75) is 31.8 Å². The van der Waals surface area contributed by atoms with E-state index in [0.717, 1.165) is 19.0 Å². The van der Waals surface area contributed by atoms with Gasteiger partial charge in [0.15, 0.2) is 0 Å². The summed E-state index contributed by atoms with van der Waals surface area (Å²) in [5.41, 5.74) is 2.92. The molecule has 1 aromatic carbocycles. The molecule has 1 heterocycles. The van der Waals surface area contributed by atoms with Gasteiger partial charge in [-0.25, -0.2) is 0 Å². The van der Waals surface area contributed by atoms with Crippen LogP contribution < -0.4 is 5.32 Å². The quantitative estimate of drug-likeness (QED) is 0.843. The van der Waals surface area contributed by atoms with Crippen LogP contribution >= 0.6 is 27.3 Å². The summed E-state index contributed by atoms with van der Waals surface area (Å²) in [6.07, 6.45) is 2.75. The molecule has 1 aromatic heterocycles. The van der Waals surface area contributed by atoms with Crippen molar-refractivity contribution in [2.24, 2.45) is 0 Å². The molecule has 1 N–H and O–H groups in total. The Kier molecular flexibility index (Phi) is 3.83. The van der Waals surface area contributed by atoms with Gasteiger partial charge in [0.25, 0.3) is 0 Å². The molecule has 94 valence electrons. The summed E-state index contributed by atoms with van der Waals surface area (Å²) in [5, 5.41) is 3.51. The average Bonchev–Trinajstić information content (AvgIpc) is 3.14. The van der Waals surface area contributed by atoms with E-state index in [1.807, 2.05) is 0 Å². The van der Waals surface area contributed by atoms with E-state index in [1.165, 1.54) is 32.6 Å². The van der Waals surface area contributed by atoms with Crippen molar-refractivity contribution in [3.05, 3.63) is 56.2 Å². The van der Waals surface area contributed by atoms with Gasteiger partial charge in [0.2, 0.25) is 0 Å². The Morgan fingerprint density at radius 1 is 1.17 bits per heavy atom. The molecule has 0 radical (unpaired) electrons. The van der Waals surface area contributed by atoms with Crippen molar-refractivity contribution in [3.8, 4) is 0 Å². The molecule has 1 saturated carbocycles. The van der Waals surface area contributed by atoms with Crippen molar-refractivity contribution < 1.29 is 0 Å². The minimum Gasteiger partial charge on any atom is -0.308 e. The van der Waals surface area contributed by atoms with E-state index in [1.54, 1.807) is 11.3 Å². The first kappa shape index (κ1) is 12.4. The lowest BCUT2D eigenvalue weighted by molar-refractivity contribution is 0.700. The zero-order valence-electron chi connectivity index (χ0n) is 10.2. The number of benzene rings is 1. The van der Waals surface area contributed by atoms with Crippen LogP contribution in [0.4, 0.5) is 0 Å². The van der Waals surface area contributed by atoms with Crippen molar-refractivity contribution in [1.29, 1.82) is 0 Å². The van der Waals surface area contributed by atoms with E-state index in [2.05, 4.69) is 57.6 Å². The molecule has 1 nitrogen and oxygen atoms in total. The summed E-state index contributed by atoms with van der Waals surface area (Å²) in [7, 11) is 0. The van der Waals surface area contributed by atoms with Gasteiger partial charge in [-0.1, -0.05) is 24.3 Å². The van der Waals surface area contributed by atoms with Crippen LogP contribution in [0.3, 0.4) is 0 Å². The van der Waals surface area contributed by atoms with Gasteiger partial charge in [0.1, 0.15) is 0 Å². The number of halogens is 1. The maximum Gasteiger partial charge on any atom is 0.0701 e. The maximum absolute atomic E-state index is 3.51. The molecule has 18 heavy (non-hydrogen) atoms. The molecule has 0 atom stereocenters. The van der Waals surface area contributed by atoms with E-state index in [-0.39, 0.29) is 0 Å². The van der Waals surface area contributed by atoms with Crippen LogP contribution in [0.2, 0.25) is 0 Å². The molecule has 1 aliphatic carbocycles. The van der Waals surface area contributed by atoms with Crippen LogP contribution in [0.1, 0.15) is 34.8 Å². The van der Waals surface area contributed by atoms with Crippen LogP contribution in [-0.4, -0.2) is 0 Å². The monoisotopic (exact) mass is 321 g/mol. The third kappa shape index (κ3) is 3.22. The second-order valence-corrected chi connectivity index (χ2v) is 7.38. The summed E-state index contributed by atoms with van der Waals surface area (Å²) in [6, 6.07) is 13.3. The SMILES string of the molecule is Brc1ccc(CNCc2cccc(C3CC3)c2)s1. The Bertz CT molecular complexity index is 531. The highest BCUT2D eigenvalue weighted by atomic mass is 79.9. The number of hydrogen-bond donors (Lipinski definition) is 1. The van der Waals surface area contributed by atoms with Gasteiger partial charge in [-0.05, 0) is 57.9 Å². The number of hydrogen-bond acceptors (Lipinski definition) is 2. The molecular formula is C15H16BrNS. The lowest BCUT2D eigenvalue weighted by atomic mass is 10.1. The van der Waals surface area contributed by atoms with Crippen molar-refractivity contribution >= 4 is 27.3 Å². The number of rotatable bonds is 5. The average molecular weight is 322 g/mol. The van der Waals surface area contributed by atoms with E-state index in [4.69, 9.17) is 0 Å². The Morgan fingerprint density at radius 2 is 2.06 bits per heavy atom. The van der Waals surface area contributed by atoms with Gasteiger partial charge in [-0.3, -0.25) is 0 Å². The van der Waals surface area contributed by atoms with E-state index >= 15 is 0 Å². The van der Waals surface area contributed by atoms with Crippen LogP contribution in [0, 0.1) is 0 Å². The highest BCUT2D eigenvalue weighted by Crippen LogP contribution is 2.40. The number of thiophene rings is 1. The summed E-state index contributed by atoms with van der Waals surface area (Å²) in [6.45, 7) is 1.90. The molecule has 1 aliphatic rings. The van der Waals surface area contributed by atoms with Crippen LogP contribution in [-0.2, 0) is 13.1 Å². The summed E-state index contributed by atoms with van der Waals surface area (Å²) >= 11 is 5.29. The predicted octanol–water partition coefficient (Wildman–Crippen LogP) is 4.68. The van der Waals surface area contributed by atoms with Crippen LogP contribution in [0.5, 0.6) is 0 Å². The fourth-order valence-electron chi connectivity index (χ4n) is 2.15. The lowest BCUT2D eigenvalue weighted by Gasteiger charge is -2.05. The van der Waals surface area contributed by atoms with Gasteiger partial charge in [0, 0.05) is 18.0 Å². The van der Waals surface area contributed by atoms with Crippen molar-refractivity contribution in [3.63, 3.8) is 0 Å². The van der Waals surface area contributed by atoms with Crippen molar-refractivity contribution in [2.75, 3.05) is 0 Å². The van der Waals surface area contributed by atoms with Gasteiger partial charge in [-0.15, -0.1) is 11.3 Å². The molecule has 2 aromatic rings. The highest BCUT2D eigenvalue weighted by Gasteiger charge is 2.23. The van der Waals surface area contributed by atoms with Crippen molar-refractivity contribution in [1.82, 2.24) is 5.32 Å². The molecule has 3 rings (SSSR count). The Hall–Kier alpha value is -0.640. The Balaban J connectivity index is 1.54. The third-order valence-corrected chi connectivity index (χ3v) is 4.88. The molecular weight excluding hydrogens is 306 g/mol. The minimum absolute atomic E-state index is 0.846. The summed E-state index contributed by atoms with van der Waals surface area (Å²) in [4.78, 5) is 1.38. The molecule has 0 spiro atoms. The Morgan fingerprint density at radius 3 is 2.78 bits per heavy atom. The molecule has 3 heteroatoms. The maximum atomic E-state index is 3.51. The molecule has 0 saturated heterocycles. The molecule has 1 fully saturated rings. The van der Waals surface area contributed by atoms with Crippen LogP contribution in [0.15, 0.2) is 40.2 Å². The van der Waals surface area contributed by atoms with Gasteiger partial charge < -0.3 is 5.32 Å². The largest absolute Gasteiger partial charge is 0.308 e. The minimum atomic E-state index is 0.846. The smallest absolute Gasteiger partial charge is 0.0701 e. The first-order valence-corrected chi connectivity index (χ1v) is 7.96. The fourth-order valence-corrected chi connectivity index (χ4v) is 3.60.